The van der Waals surface area contributed by atoms with Crippen LogP contribution in [-0.2, 0) is 9.59 Å². The summed E-state index contributed by atoms with van der Waals surface area (Å²) in [6.45, 7) is 6.22. The maximum Gasteiger partial charge on any atom is 0.255 e. The van der Waals surface area contributed by atoms with Crippen molar-refractivity contribution in [3.8, 4) is 0 Å². The van der Waals surface area contributed by atoms with Crippen LogP contribution in [-0.4, -0.2) is 47.7 Å². The zero-order chi connectivity index (χ0) is 24.4. The van der Waals surface area contributed by atoms with Gasteiger partial charge in [-0.2, -0.15) is 0 Å². The monoisotopic (exact) mass is 462 g/mol. The summed E-state index contributed by atoms with van der Waals surface area (Å²) in [5, 5.41) is 8.34. The number of rotatable bonds is 8. The fourth-order valence-electron chi connectivity index (χ4n) is 4.14. The maximum atomic E-state index is 13.0. The van der Waals surface area contributed by atoms with Gasteiger partial charge >= 0.3 is 0 Å². The molecule has 8 nitrogen and oxygen atoms in total. The molecule has 4 rings (SSSR count). The van der Waals surface area contributed by atoms with Crippen molar-refractivity contribution in [3.63, 3.8) is 0 Å². The standard InChI is InChI=1S/C26H30N4O4/c1-15(2)13-27-24(32)17-8-11-21(16(3)12-17)29-22(31)14-28-25(33)23-19-6-4-5-7-20(19)26(34)30(23)18-9-10-18/h4-8,11-12,15,18,23H,9-10,13-14H2,1-3H3,(H,27,32)(H,28,33)(H,29,31). The molecule has 2 aliphatic rings. The van der Waals surface area contributed by atoms with Gasteiger partial charge in [-0.3, -0.25) is 19.2 Å². The minimum absolute atomic E-state index is 0.0726. The van der Waals surface area contributed by atoms with Gasteiger partial charge in [0, 0.05) is 29.4 Å². The van der Waals surface area contributed by atoms with Gasteiger partial charge in [-0.15, -0.1) is 0 Å². The van der Waals surface area contributed by atoms with E-state index in [-0.39, 0.29) is 36.2 Å². The van der Waals surface area contributed by atoms with E-state index < -0.39 is 6.04 Å². The Morgan fingerprint density at radius 2 is 1.79 bits per heavy atom. The lowest BCUT2D eigenvalue weighted by Gasteiger charge is -2.24. The average Bonchev–Trinajstić information content (AvgIpc) is 3.61. The molecule has 2 aromatic carbocycles. The lowest BCUT2D eigenvalue weighted by molar-refractivity contribution is -0.127. The number of nitrogens with one attached hydrogen (secondary N) is 3. The number of hydrogen-bond acceptors (Lipinski definition) is 4. The van der Waals surface area contributed by atoms with Crippen LogP contribution in [0.3, 0.4) is 0 Å². The van der Waals surface area contributed by atoms with E-state index in [2.05, 4.69) is 16.0 Å². The van der Waals surface area contributed by atoms with E-state index in [0.717, 1.165) is 18.4 Å². The second-order valence-corrected chi connectivity index (χ2v) is 9.33. The summed E-state index contributed by atoms with van der Waals surface area (Å²) in [5.41, 5.74) is 3.06. The van der Waals surface area contributed by atoms with Crippen LogP contribution < -0.4 is 16.0 Å². The van der Waals surface area contributed by atoms with E-state index in [0.29, 0.717) is 34.8 Å². The molecular formula is C26H30N4O4. The molecule has 34 heavy (non-hydrogen) atoms. The van der Waals surface area contributed by atoms with Crippen molar-refractivity contribution in [2.75, 3.05) is 18.4 Å². The third kappa shape index (κ3) is 4.95. The molecule has 0 spiro atoms. The molecule has 178 valence electrons. The van der Waals surface area contributed by atoms with E-state index in [1.807, 2.05) is 26.8 Å². The number of hydrogen-bond donors (Lipinski definition) is 3. The zero-order valence-corrected chi connectivity index (χ0v) is 19.7. The van der Waals surface area contributed by atoms with Gasteiger partial charge in [0.05, 0.1) is 6.54 Å². The summed E-state index contributed by atoms with van der Waals surface area (Å²) >= 11 is 0. The molecule has 1 unspecified atom stereocenters. The molecule has 8 heteroatoms. The molecule has 2 aromatic rings. The molecule has 0 radical (unpaired) electrons. The van der Waals surface area contributed by atoms with Crippen molar-refractivity contribution in [1.29, 1.82) is 0 Å². The van der Waals surface area contributed by atoms with Crippen molar-refractivity contribution in [2.45, 2.75) is 45.7 Å². The van der Waals surface area contributed by atoms with Gasteiger partial charge in [0.15, 0.2) is 0 Å². The number of fused-ring (bicyclic) bond motifs is 1. The summed E-state index contributed by atoms with van der Waals surface area (Å²) in [5.74, 6) is -0.686. The summed E-state index contributed by atoms with van der Waals surface area (Å²) in [6.07, 6.45) is 1.77. The van der Waals surface area contributed by atoms with Crippen molar-refractivity contribution in [2.24, 2.45) is 5.92 Å². The third-order valence-corrected chi connectivity index (χ3v) is 6.04. The van der Waals surface area contributed by atoms with Crippen molar-refractivity contribution in [3.05, 3.63) is 64.7 Å². The Balaban J connectivity index is 1.36. The molecule has 3 N–H and O–H groups in total. The molecular weight excluding hydrogens is 432 g/mol. The molecule has 0 aromatic heterocycles. The quantitative estimate of drug-likeness (QED) is 0.561. The molecule has 0 saturated heterocycles. The Kier molecular flexibility index (Phi) is 6.68. The predicted molar refractivity (Wildman–Crippen MR) is 128 cm³/mol. The van der Waals surface area contributed by atoms with Crippen LogP contribution in [0.5, 0.6) is 0 Å². The largest absolute Gasteiger partial charge is 0.352 e. The lowest BCUT2D eigenvalue weighted by atomic mass is 10.0. The first-order valence-corrected chi connectivity index (χ1v) is 11.6. The number of carbonyl (C=O) groups excluding carboxylic acids is 4. The SMILES string of the molecule is Cc1cc(C(=O)NCC(C)C)ccc1NC(=O)CNC(=O)C1c2ccccc2C(=O)N1C1CC1. The van der Waals surface area contributed by atoms with Gasteiger partial charge in [-0.1, -0.05) is 32.0 Å². The van der Waals surface area contributed by atoms with Crippen molar-refractivity contribution >= 4 is 29.3 Å². The van der Waals surface area contributed by atoms with Gasteiger partial charge < -0.3 is 20.9 Å². The molecule has 1 atom stereocenters. The fourth-order valence-corrected chi connectivity index (χ4v) is 4.14. The van der Waals surface area contributed by atoms with E-state index in [1.54, 1.807) is 41.3 Å². The lowest BCUT2D eigenvalue weighted by Crippen LogP contribution is -2.42. The Hall–Kier alpha value is -3.68. The van der Waals surface area contributed by atoms with E-state index in [1.165, 1.54) is 0 Å². The van der Waals surface area contributed by atoms with Crippen LogP contribution in [0, 0.1) is 12.8 Å². The fraction of sp³-hybridized carbons (Fsp3) is 0.385. The smallest absolute Gasteiger partial charge is 0.255 e. The Bertz CT molecular complexity index is 1140. The second-order valence-electron chi connectivity index (χ2n) is 9.33. The summed E-state index contributed by atoms with van der Waals surface area (Å²) in [4.78, 5) is 52.2. The average molecular weight is 463 g/mol. The topological polar surface area (TPSA) is 108 Å². The molecule has 0 bridgehead atoms. The Morgan fingerprint density at radius 1 is 1.06 bits per heavy atom. The van der Waals surface area contributed by atoms with Gasteiger partial charge in [-0.25, -0.2) is 0 Å². The normalized spacial score (nSPS) is 16.9. The Morgan fingerprint density at radius 3 is 2.47 bits per heavy atom. The molecule has 1 aliphatic carbocycles. The van der Waals surface area contributed by atoms with Crippen LogP contribution in [0.2, 0.25) is 0 Å². The first kappa shape index (κ1) is 23.5. The number of aryl methyl sites for hydroxylation is 1. The highest BCUT2D eigenvalue weighted by Crippen LogP contribution is 2.41. The summed E-state index contributed by atoms with van der Waals surface area (Å²) in [7, 11) is 0. The molecule has 1 heterocycles. The molecule has 1 aliphatic heterocycles. The number of benzene rings is 2. The molecule has 1 saturated carbocycles. The second kappa shape index (κ2) is 9.67. The number of nitrogens with zero attached hydrogens (tertiary/aromatic N) is 1. The van der Waals surface area contributed by atoms with Gasteiger partial charge in [-0.05, 0) is 61.1 Å². The minimum Gasteiger partial charge on any atom is -0.352 e. The van der Waals surface area contributed by atoms with E-state index in [4.69, 9.17) is 0 Å². The number of amides is 4. The Labute approximate surface area is 199 Å². The molecule has 4 amide bonds. The number of carbonyl (C=O) groups is 4. The highest BCUT2D eigenvalue weighted by atomic mass is 16.2. The molecule has 1 fully saturated rings. The van der Waals surface area contributed by atoms with Gasteiger partial charge in [0.1, 0.15) is 6.04 Å². The van der Waals surface area contributed by atoms with Gasteiger partial charge in [0.25, 0.3) is 11.8 Å². The van der Waals surface area contributed by atoms with E-state index in [9.17, 15) is 19.2 Å². The van der Waals surface area contributed by atoms with Crippen LogP contribution in [0.4, 0.5) is 5.69 Å². The van der Waals surface area contributed by atoms with Crippen molar-refractivity contribution in [1.82, 2.24) is 15.5 Å². The highest BCUT2D eigenvalue weighted by molar-refractivity contribution is 6.06. The van der Waals surface area contributed by atoms with Crippen molar-refractivity contribution < 1.29 is 19.2 Å². The first-order chi connectivity index (χ1) is 16.3. The summed E-state index contributed by atoms with van der Waals surface area (Å²) in [6, 6.07) is 11.6. The van der Waals surface area contributed by atoms with Crippen LogP contribution >= 0.6 is 0 Å². The minimum atomic E-state index is -0.714. The van der Waals surface area contributed by atoms with E-state index >= 15 is 0 Å². The van der Waals surface area contributed by atoms with Gasteiger partial charge in [0.2, 0.25) is 11.8 Å². The predicted octanol–water partition coefficient (Wildman–Crippen LogP) is 2.80. The van der Waals surface area contributed by atoms with Crippen LogP contribution in [0.1, 0.15) is 64.6 Å². The highest BCUT2D eigenvalue weighted by Gasteiger charge is 2.47. The zero-order valence-electron chi connectivity index (χ0n) is 19.7. The first-order valence-electron chi connectivity index (χ1n) is 11.6. The number of anilines is 1. The maximum absolute atomic E-state index is 13.0. The summed E-state index contributed by atoms with van der Waals surface area (Å²) < 4.78 is 0. The third-order valence-electron chi connectivity index (χ3n) is 6.04. The van der Waals surface area contributed by atoms with Crippen LogP contribution in [0.15, 0.2) is 42.5 Å². The van der Waals surface area contributed by atoms with Crippen LogP contribution in [0.25, 0.3) is 0 Å².